The molecule has 1 aromatic rings. The first kappa shape index (κ1) is 26.3. The Labute approximate surface area is 194 Å². The van der Waals surface area contributed by atoms with Crippen LogP contribution in [0.3, 0.4) is 0 Å². The molecule has 2 fully saturated rings. The quantitative estimate of drug-likeness (QED) is 0.612. The zero-order valence-corrected chi connectivity index (χ0v) is 19.2. The zero-order valence-electron chi connectivity index (χ0n) is 19.2. The topological polar surface area (TPSA) is 52.7 Å². The second-order valence-electron chi connectivity index (χ2n) is 9.69. The van der Waals surface area contributed by atoms with Gasteiger partial charge in [-0.3, -0.25) is 14.5 Å². The normalized spacial score (nSPS) is 19.9. The molecule has 2 heterocycles. The van der Waals surface area contributed by atoms with E-state index in [0.717, 1.165) is 19.4 Å². The van der Waals surface area contributed by atoms with Crippen LogP contribution in [0.1, 0.15) is 61.0 Å². The molecule has 34 heavy (non-hydrogen) atoms. The van der Waals surface area contributed by atoms with Gasteiger partial charge in [0.1, 0.15) is 0 Å². The Morgan fingerprint density at radius 1 is 0.971 bits per heavy atom. The molecule has 0 aliphatic carbocycles. The molecule has 0 spiro atoms. The minimum absolute atomic E-state index is 0.00292. The van der Waals surface area contributed by atoms with Gasteiger partial charge in [-0.1, -0.05) is 0 Å². The van der Waals surface area contributed by atoms with E-state index in [0.29, 0.717) is 44.6 Å². The van der Waals surface area contributed by atoms with E-state index >= 15 is 0 Å². The van der Waals surface area contributed by atoms with Gasteiger partial charge in [-0.2, -0.15) is 26.3 Å². The van der Waals surface area contributed by atoms with Crippen molar-refractivity contribution < 1.29 is 35.9 Å². The van der Waals surface area contributed by atoms with Gasteiger partial charge in [0.05, 0.1) is 17.7 Å². The maximum Gasteiger partial charge on any atom is 0.416 e. The van der Waals surface area contributed by atoms with Gasteiger partial charge in [-0.15, -0.1) is 0 Å². The number of amides is 2. The summed E-state index contributed by atoms with van der Waals surface area (Å²) in [5.41, 5.74) is -3.87. The molecule has 190 valence electrons. The van der Waals surface area contributed by atoms with E-state index in [1.54, 1.807) is 0 Å². The lowest BCUT2D eigenvalue weighted by Gasteiger charge is -2.36. The average molecular weight is 493 g/mol. The highest BCUT2D eigenvalue weighted by Gasteiger charge is 2.38. The number of hydrogen-bond donors (Lipinski definition) is 1. The molecule has 0 radical (unpaired) electrons. The van der Waals surface area contributed by atoms with Crippen LogP contribution in [0.2, 0.25) is 0 Å². The third-order valence-electron chi connectivity index (χ3n) is 6.67. The lowest BCUT2D eigenvalue weighted by atomic mass is 9.96. The molecule has 0 saturated carbocycles. The first-order chi connectivity index (χ1) is 15.7. The van der Waals surface area contributed by atoms with Crippen LogP contribution in [-0.4, -0.2) is 59.9 Å². The van der Waals surface area contributed by atoms with E-state index in [1.807, 2.05) is 9.80 Å². The van der Waals surface area contributed by atoms with E-state index in [4.69, 9.17) is 0 Å². The van der Waals surface area contributed by atoms with Crippen molar-refractivity contribution in [1.29, 1.82) is 0 Å². The van der Waals surface area contributed by atoms with Crippen LogP contribution in [-0.2, 0) is 17.1 Å². The largest absolute Gasteiger partial charge is 0.416 e. The molecule has 1 N–H and O–H groups in total. The standard InChI is InChI=1S/C23H29F6N3O2/c1-21(2)6-3-7-32(21)19(33)14-31-8-4-15(5-9-31)13-30-20(34)16-10-17(22(24,25)26)12-18(11-16)23(27,28)29/h10-12,15H,3-9,13-14H2,1-2H3,(H,30,34). The number of alkyl halides is 6. The van der Waals surface area contributed by atoms with Crippen molar-refractivity contribution in [2.24, 2.45) is 5.92 Å². The second-order valence-corrected chi connectivity index (χ2v) is 9.69. The van der Waals surface area contributed by atoms with Crippen molar-refractivity contribution in [3.05, 3.63) is 34.9 Å². The number of nitrogens with zero attached hydrogens (tertiary/aromatic N) is 2. The number of rotatable bonds is 5. The van der Waals surface area contributed by atoms with Crippen LogP contribution in [0.15, 0.2) is 18.2 Å². The maximum absolute atomic E-state index is 13.0. The fraction of sp³-hybridized carbons (Fsp3) is 0.652. The minimum Gasteiger partial charge on any atom is -0.352 e. The third-order valence-corrected chi connectivity index (χ3v) is 6.67. The third kappa shape index (κ3) is 6.43. The highest BCUT2D eigenvalue weighted by molar-refractivity contribution is 5.94. The summed E-state index contributed by atoms with van der Waals surface area (Å²) in [6.45, 7) is 6.55. The minimum atomic E-state index is -5.01. The van der Waals surface area contributed by atoms with Crippen molar-refractivity contribution >= 4 is 11.8 Å². The number of benzene rings is 1. The number of hydrogen-bond acceptors (Lipinski definition) is 3. The average Bonchev–Trinajstić information content (AvgIpc) is 3.10. The van der Waals surface area contributed by atoms with Gasteiger partial charge in [0.25, 0.3) is 5.91 Å². The predicted molar refractivity (Wildman–Crippen MR) is 113 cm³/mol. The van der Waals surface area contributed by atoms with Crippen LogP contribution >= 0.6 is 0 Å². The van der Waals surface area contributed by atoms with Crippen molar-refractivity contribution in [2.45, 2.75) is 57.4 Å². The lowest BCUT2D eigenvalue weighted by molar-refractivity contribution is -0.143. The summed E-state index contributed by atoms with van der Waals surface area (Å²) in [5.74, 6) is -0.879. The summed E-state index contributed by atoms with van der Waals surface area (Å²) < 4.78 is 78.1. The SMILES string of the molecule is CC1(C)CCCN1C(=O)CN1CCC(CNC(=O)c2cc(C(F)(F)F)cc(C(F)(F)F)c2)CC1. The Kier molecular flexibility index (Phi) is 7.54. The van der Waals surface area contributed by atoms with E-state index in [1.165, 1.54) is 0 Å². The molecule has 2 saturated heterocycles. The summed E-state index contributed by atoms with van der Waals surface area (Å²) >= 11 is 0. The number of carbonyl (C=O) groups is 2. The summed E-state index contributed by atoms with van der Waals surface area (Å²) in [5, 5.41) is 2.47. The highest BCUT2D eigenvalue weighted by atomic mass is 19.4. The second kappa shape index (κ2) is 9.75. The van der Waals surface area contributed by atoms with Crippen LogP contribution in [0.25, 0.3) is 0 Å². The van der Waals surface area contributed by atoms with Crippen LogP contribution in [0, 0.1) is 5.92 Å². The van der Waals surface area contributed by atoms with E-state index < -0.39 is 35.0 Å². The molecule has 2 aliphatic rings. The van der Waals surface area contributed by atoms with Gasteiger partial charge < -0.3 is 10.2 Å². The Balaban J connectivity index is 1.53. The van der Waals surface area contributed by atoms with Gasteiger partial charge in [-0.05, 0) is 76.7 Å². The molecule has 0 aromatic heterocycles. The van der Waals surface area contributed by atoms with Crippen molar-refractivity contribution in [3.63, 3.8) is 0 Å². The zero-order chi connectivity index (χ0) is 25.3. The van der Waals surface area contributed by atoms with Crippen molar-refractivity contribution in [2.75, 3.05) is 32.7 Å². The molecular weight excluding hydrogens is 464 g/mol. The maximum atomic E-state index is 13.0. The Morgan fingerprint density at radius 2 is 1.53 bits per heavy atom. The van der Waals surface area contributed by atoms with Gasteiger partial charge in [0, 0.05) is 24.2 Å². The van der Waals surface area contributed by atoms with Crippen molar-refractivity contribution in [3.8, 4) is 0 Å². The number of piperidine rings is 1. The lowest BCUT2D eigenvalue weighted by Crippen LogP contribution is -2.49. The Morgan fingerprint density at radius 3 is 2.00 bits per heavy atom. The first-order valence-corrected chi connectivity index (χ1v) is 11.3. The number of halogens is 6. The molecule has 0 atom stereocenters. The van der Waals surface area contributed by atoms with E-state index in [2.05, 4.69) is 19.2 Å². The molecule has 2 aliphatic heterocycles. The number of likely N-dealkylation sites (tertiary alicyclic amines) is 2. The van der Waals surface area contributed by atoms with Crippen LogP contribution in [0.5, 0.6) is 0 Å². The fourth-order valence-electron chi connectivity index (χ4n) is 4.62. The van der Waals surface area contributed by atoms with Gasteiger partial charge in [0.15, 0.2) is 0 Å². The van der Waals surface area contributed by atoms with Gasteiger partial charge in [0.2, 0.25) is 5.91 Å². The summed E-state index contributed by atoms with van der Waals surface area (Å²) in [6, 6.07) is 0.855. The smallest absolute Gasteiger partial charge is 0.352 e. The molecular formula is C23H29F6N3O2. The monoisotopic (exact) mass is 493 g/mol. The molecule has 0 bridgehead atoms. The van der Waals surface area contributed by atoms with Crippen LogP contribution < -0.4 is 5.32 Å². The molecule has 3 rings (SSSR count). The summed E-state index contributed by atoms with van der Waals surface area (Å²) in [7, 11) is 0. The summed E-state index contributed by atoms with van der Waals surface area (Å²) in [4.78, 5) is 28.9. The van der Waals surface area contributed by atoms with Crippen molar-refractivity contribution in [1.82, 2.24) is 15.1 Å². The molecule has 2 amide bonds. The van der Waals surface area contributed by atoms with E-state index in [-0.39, 0.29) is 30.0 Å². The predicted octanol–water partition coefficient (Wildman–Crippen LogP) is 4.57. The van der Waals surface area contributed by atoms with Crippen LogP contribution in [0.4, 0.5) is 26.3 Å². The fourth-order valence-corrected chi connectivity index (χ4v) is 4.62. The number of nitrogens with one attached hydrogen (secondary N) is 1. The highest BCUT2D eigenvalue weighted by Crippen LogP contribution is 2.36. The molecule has 0 unspecified atom stereocenters. The Bertz CT molecular complexity index is 873. The molecule has 11 heteroatoms. The molecule has 5 nitrogen and oxygen atoms in total. The molecule has 1 aromatic carbocycles. The van der Waals surface area contributed by atoms with E-state index in [9.17, 15) is 35.9 Å². The number of carbonyl (C=O) groups excluding carboxylic acids is 2. The first-order valence-electron chi connectivity index (χ1n) is 11.3. The van der Waals surface area contributed by atoms with Gasteiger partial charge >= 0.3 is 12.4 Å². The Hall–Kier alpha value is -2.30. The van der Waals surface area contributed by atoms with Gasteiger partial charge in [-0.25, -0.2) is 0 Å². The summed E-state index contributed by atoms with van der Waals surface area (Å²) in [6.07, 6.45) is -6.75.